The van der Waals surface area contributed by atoms with Gasteiger partial charge < -0.3 is 15.3 Å². The van der Waals surface area contributed by atoms with Crippen molar-refractivity contribution in [3.05, 3.63) is 65.2 Å². The lowest BCUT2D eigenvalue weighted by molar-refractivity contribution is 0.0695. The quantitative estimate of drug-likeness (QED) is 0.904. The van der Waals surface area contributed by atoms with Gasteiger partial charge in [0.2, 0.25) is 0 Å². The number of hydrogen-bond donors (Lipinski definition) is 2. The molecule has 0 saturated carbocycles. The number of nitrogens with one attached hydrogen (secondary N) is 1. The van der Waals surface area contributed by atoms with Gasteiger partial charge >= 0.3 is 0 Å². The highest BCUT2D eigenvalue weighted by atomic mass is 16.3. The molecule has 5 heteroatoms. The van der Waals surface area contributed by atoms with Gasteiger partial charge in [-0.25, -0.2) is 0 Å². The van der Waals surface area contributed by atoms with Crippen LogP contribution in [0.5, 0.6) is 5.75 Å². The normalized spacial score (nSPS) is 15.0. The maximum absolute atomic E-state index is 12.5. The lowest BCUT2D eigenvalue weighted by atomic mass is 10.0. The van der Waals surface area contributed by atoms with E-state index in [0.717, 1.165) is 5.56 Å². The number of para-hydroxylation sites is 1. The first kappa shape index (κ1) is 17.0. The van der Waals surface area contributed by atoms with Crippen LogP contribution >= 0.6 is 0 Å². The fourth-order valence-electron chi connectivity index (χ4n) is 3.03. The Labute approximate surface area is 147 Å². The number of piperidine rings is 1. The van der Waals surface area contributed by atoms with E-state index >= 15 is 0 Å². The van der Waals surface area contributed by atoms with E-state index in [1.807, 2.05) is 31.2 Å². The monoisotopic (exact) mass is 338 g/mol. The smallest absolute Gasteiger partial charge is 0.257 e. The van der Waals surface area contributed by atoms with Crippen molar-refractivity contribution in [2.75, 3.05) is 13.1 Å². The van der Waals surface area contributed by atoms with Crippen molar-refractivity contribution in [3.63, 3.8) is 0 Å². The molecule has 2 N–H and O–H groups in total. The number of amides is 2. The predicted octanol–water partition coefficient (Wildman–Crippen LogP) is 2.74. The number of hydrogen-bond acceptors (Lipinski definition) is 3. The number of carbonyl (C=O) groups excluding carboxylic acids is 2. The first-order chi connectivity index (χ1) is 12.0. The number of aromatic hydroxyl groups is 1. The van der Waals surface area contributed by atoms with Crippen molar-refractivity contribution in [1.29, 1.82) is 0 Å². The van der Waals surface area contributed by atoms with Gasteiger partial charge in [-0.15, -0.1) is 0 Å². The Morgan fingerprint density at radius 1 is 1.04 bits per heavy atom. The molecule has 0 radical (unpaired) electrons. The molecule has 0 atom stereocenters. The predicted molar refractivity (Wildman–Crippen MR) is 95.7 cm³/mol. The summed E-state index contributed by atoms with van der Waals surface area (Å²) in [6.07, 6.45) is 1.41. The van der Waals surface area contributed by atoms with Crippen molar-refractivity contribution in [1.82, 2.24) is 10.2 Å². The first-order valence-corrected chi connectivity index (χ1v) is 8.49. The molecular weight excluding hydrogens is 316 g/mol. The van der Waals surface area contributed by atoms with Crippen LogP contribution in [-0.4, -0.2) is 41.0 Å². The van der Waals surface area contributed by atoms with E-state index in [2.05, 4.69) is 5.32 Å². The van der Waals surface area contributed by atoms with Gasteiger partial charge in [0.1, 0.15) is 5.75 Å². The van der Waals surface area contributed by atoms with Crippen molar-refractivity contribution >= 4 is 11.8 Å². The summed E-state index contributed by atoms with van der Waals surface area (Å²) < 4.78 is 0. The van der Waals surface area contributed by atoms with Crippen LogP contribution in [0.25, 0.3) is 0 Å². The number of aryl methyl sites for hydroxylation is 1. The fraction of sp³-hybridized carbons (Fsp3) is 0.300. The highest BCUT2D eigenvalue weighted by Gasteiger charge is 2.26. The van der Waals surface area contributed by atoms with E-state index < -0.39 is 0 Å². The summed E-state index contributed by atoms with van der Waals surface area (Å²) in [4.78, 5) is 26.5. The molecule has 2 amide bonds. The lowest BCUT2D eigenvalue weighted by Crippen LogP contribution is -2.46. The van der Waals surface area contributed by atoms with Crippen molar-refractivity contribution in [2.24, 2.45) is 0 Å². The molecule has 0 spiro atoms. The summed E-state index contributed by atoms with van der Waals surface area (Å²) in [5, 5.41) is 12.9. The van der Waals surface area contributed by atoms with Crippen LogP contribution in [0.3, 0.4) is 0 Å². The number of rotatable bonds is 3. The number of phenolic OH excluding ortho intramolecular Hbond substituents is 1. The SMILES string of the molecule is Cc1ccc(C(=O)NC2CCN(C(=O)c3ccccc3O)CC2)cc1. The van der Waals surface area contributed by atoms with Crippen molar-refractivity contribution < 1.29 is 14.7 Å². The van der Waals surface area contributed by atoms with Crippen LogP contribution in [0.2, 0.25) is 0 Å². The van der Waals surface area contributed by atoms with Crippen LogP contribution in [0.15, 0.2) is 48.5 Å². The van der Waals surface area contributed by atoms with Crippen molar-refractivity contribution in [2.45, 2.75) is 25.8 Å². The third kappa shape index (κ3) is 3.99. The van der Waals surface area contributed by atoms with E-state index in [9.17, 15) is 14.7 Å². The summed E-state index contributed by atoms with van der Waals surface area (Å²) in [6, 6.07) is 14.1. The number of carbonyl (C=O) groups is 2. The molecule has 3 rings (SSSR count). The molecule has 2 aromatic rings. The lowest BCUT2D eigenvalue weighted by Gasteiger charge is -2.32. The van der Waals surface area contributed by atoms with E-state index in [1.54, 1.807) is 23.1 Å². The van der Waals surface area contributed by atoms with Crippen LogP contribution in [0, 0.1) is 6.92 Å². The van der Waals surface area contributed by atoms with Gasteiger partial charge in [0.25, 0.3) is 11.8 Å². The Kier molecular flexibility index (Phi) is 5.03. The molecule has 1 fully saturated rings. The molecule has 0 bridgehead atoms. The minimum absolute atomic E-state index is 0.00213. The largest absolute Gasteiger partial charge is 0.507 e. The third-order valence-electron chi connectivity index (χ3n) is 4.57. The van der Waals surface area contributed by atoms with E-state index in [1.165, 1.54) is 6.07 Å². The molecule has 130 valence electrons. The number of likely N-dealkylation sites (tertiary alicyclic amines) is 1. The molecule has 1 aliphatic heterocycles. The summed E-state index contributed by atoms with van der Waals surface area (Å²) in [7, 11) is 0. The zero-order valence-electron chi connectivity index (χ0n) is 14.2. The number of phenols is 1. The molecule has 0 unspecified atom stereocenters. The molecule has 5 nitrogen and oxygen atoms in total. The molecule has 1 saturated heterocycles. The highest BCUT2D eigenvalue weighted by Crippen LogP contribution is 2.20. The minimum atomic E-state index is -0.165. The van der Waals surface area contributed by atoms with Gasteiger partial charge in [-0.3, -0.25) is 9.59 Å². The zero-order valence-corrected chi connectivity index (χ0v) is 14.2. The summed E-state index contributed by atoms with van der Waals surface area (Å²) in [6.45, 7) is 3.11. The van der Waals surface area contributed by atoms with Crippen LogP contribution in [0.4, 0.5) is 0 Å². The van der Waals surface area contributed by atoms with Crippen LogP contribution < -0.4 is 5.32 Å². The van der Waals surface area contributed by atoms with Gasteiger partial charge in [0.05, 0.1) is 5.56 Å². The Morgan fingerprint density at radius 3 is 2.32 bits per heavy atom. The maximum atomic E-state index is 12.5. The molecule has 0 aliphatic carbocycles. The molecular formula is C20H22N2O3. The first-order valence-electron chi connectivity index (χ1n) is 8.49. The molecule has 25 heavy (non-hydrogen) atoms. The molecule has 2 aromatic carbocycles. The van der Waals surface area contributed by atoms with Gasteiger partial charge in [-0.1, -0.05) is 29.8 Å². The maximum Gasteiger partial charge on any atom is 0.257 e. The fourth-order valence-corrected chi connectivity index (χ4v) is 3.03. The van der Waals surface area contributed by atoms with E-state index in [4.69, 9.17) is 0 Å². The number of nitrogens with zero attached hydrogens (tertiary/aromatic N) is 1. The Morgan fingerprint density at radius 2 is 1.68 bits per heavy atom. The average molecular weight is 338 g/mol. The molecule has 0 aromatic heterocycles. The van der Waals surface area contributed by atoms with Gasteiger partial charge in [-0.2, -0.15) is 0 Å². The Bertz CT molecular complexity index is 763. The topological polar surface area (TPSA) is 69.6 Å². The highest BCUT2D eigenvalue weighted by molar-refractivity contribution is 5.97. The second kappa shape index (κ2) is 7.38. The summed E-state index contributed by atoms with van der Waals surface area (Å²) >= 11 is 0. The van der Waals surface area contributed by atoms with E-state index in [0.29, 0.717) is 37.1 Å². The minimum Gasteiger partial charge on any atom is -0.507 e. The van der Waals surface area contributed by atoms with Gasteiger partial charge in [-0.05, 0) is 44.0 Å². The van der Waals surface area contributed by atoms with Gasteiger partial charge in [0.15, 0.2) is 0 Å². The zero-order chi connectivity index (χ0) is 17.8. The second-order valence-corrected chi connectivity index (χ2v) is 6.42. The molecule has 1 aliphatic rings. The standard InChI is InChI=1S/C20H22N2O3/c1-14-6-8-15(9-7-14)19(24)21-16-10-12-22(13-11-16)20(25)17-4-2-3-5-18(17)23/h2-9,16,23H,10-13H2,1H3,(H,21,24). The van der Waals surface area contributed by atoms with Gasteiger partial charge in [0, 0.05) is 24.7 Å². The summed E-state index contributed by atoms with van der Waals surface area (Å²) in [5.41, 5.74) is 2.09. The second-order valence-electron chi connectivity index (χ2n) is 6.42. The van der Waals surface area contributed by atoms with Crippen molar-refractivity contribution in [3.8, 4) is 5.75 Å². The molecule has 1 heterocycles. The number of benzene rings is 2. The Balaban J connectivity index is 1.55. The summed E-state index contributed by atoms with van der Waals surface area (Å²) in [5.74, 6) is -0.241. The van der Waals surface area contributed by atoms with Crippen LogP contribution in [-0.2, 0) is 0 Å². The average Bonchev–Trinajstić information content (AvgIpc) is 2.63. The third-order valence-corrected chi connectivity index (χ3v) is 4.57. The van der Waals surface area contributed by atoms with E-state index in [-0.39, 0.29) is 23.6 Å². The Hall–Kier alpha value is -2.82. The van der Waals surface area contributed by atoms with Crippen LogP contribution in [0.1, 0.15) is 39.1 Å².